The van der Waals surface area contributed by atoms with Gasteiger partial charge in [0.15, 0.2) is 4.77 Å². The number of rotatable bonds is 7. The van der Waals surface area contributed by atoms with Crippen LogP contribution in [0.3, 0.4) is 0 Å². The van der Waals surface area contributed by atoms with Crippen molar-refractivity contribution in [2.45, 2.75) is 46.1 Å². The number of thiophene rings is 1. The Morgan fingerprint density at radius 3 is 2.67 bits per heavy atom. The van der Waals surface area contributed by atoms with Crippen molar-refractivity contribution in [2.24, 2.45) is 0 Å². The number of anilines is 1. The molecule has 0 saturated heterocycles. The van der Waals surface area contributed by atoms with Crippen LogP contribution in [-0.4, -0.2) is 15.5 Å². The van der Waals surface area contributed by atoms with E-state index in [0.29, 0.717) is 11.1 Å². The molecule has 0 bridgehead atoms. The Hall–Kier alpha value is -2.25. The van der Waals surface area contributed by atoms with Gasteiger partial charge in [-0.2, -0.15) is 0 Å². The number of nitrogens with zero attached hydrogens (tertiary/aromatic N) is 1. The number of H-pyrrole nitrogens is 1. The van der Waals surface area contributed by atoms with E-state index in [0.717, 1.165) is 35.4 Å². The number of fused-ring (bicyclic) bond motifs is 1. The van der Waals surface area contributed by atoms with Gasteiger partial charge in [0.25, 0.3) is 5.56 Å². The Morgan fingerprint density at radius 1 is 1.26 bits per heavy atom. The first kappa shape index (κ1) is 19.5. The minimum absolute atomic E-state index is 0.112. The predicted molar refractivity (Wildman–Crippen MR) is 114 cm³/mol. The van der Waals surface area contributed by atoms with Crippen LogP contribution in [0.4, 0.5) is 5.69 Å². The van der Waals surface area contributed by atoms with Crippen LogP contribution in [0.2, 0.25) is 0 Å². The fraction of sp³-hybridized carbons (Fsp3) is 0.350. The second-order valence-electron chi connectivity index (χ2n) is 6.48. The lowest BCUT2D eigenvalue weighted by molar-refractivity contribution is -0.116. The molecule has 1 aromatic carbocycles. The number of amides is 1. The first-order chi connectivity index (χ1) is 13.0. The molecule has 0 spiro atoms. The molecule has 3 aromatic rings. The molecule has 0 atom stereocenters. The Morgan fingerprint density at radius 2 is 2.00 bits per heavy atom. The molecule has 0 unspecified atom stereocenters. The zero-order chi connectivity index (χ0) is 19.4. The van der Waals surface area contributed by atoms with Crippen LogP contribution >= 0.6 is 23.6 Å². The molecule has 0 fully saturated rings. The minimum atomic E-state index is -0.275. The molecule has 0 radical (unpaired) electrons. The van der Waals surface area contributed by atoms with Gasteiger partial charge in [0.05, 0.1) is 5.39 Å². The summed E-state index contributed by atoms with van der Waals surface area (Å²) in [7, 11) is 0. The van der Waals surface area contributed by atoms with Crippen molar-refractivity contribution >= 4 is 45.4 Å². The maximum Gasteiger partial charge on any atom is 0.263 e. The fourth-order valence-corrected chi connectivity index (χ4v) is 4.19. The van der Waals surface area contributed by atoms with Crippen molar-refractivity contribution in [3.05, 3.63) is 55.9 Å². The largest absolute Gasteiger partial charge is 0.325 e. The number of hydrogen-bond acceptors (Lipinski definition) is 4. The lowest BCUT2D eigenvalue weighted by Crippen LogP contribution is -2.28. The van der Waals surface area contributed by atoms with E-state index in [1.54, 1.807) is 0 Å². The van der Waals surface area contributed by atoms with E-state index in [9.17, 15) is 9.59 Å². The molecule has 27 heavy (non-hydrogen) atoms. The molecule has 0 aliphatic carbocycles. The van der Waals surface area contributed by atoms with Gasteiger partial charge in [0.1, 0.15) is 11.4 Å². The van der Waals surface area contributed by atoms with Crippen molar-refractivity contribution < 1.29 is 4.79 Å². The number of aromatic amines is 1. The first-order valence-corrected chi connectivity index (χ1v) is 10.4. The van der Waals surface area contributed by atoms with Crippen molar-refractivity contribution in [2.75, 3.05) is 5.32 Å². The summed E-state index contributed by atoms with van der Waals surface area (Å²) in [6, 6.07) is 9.70. The lowest BCUT2D eigenvalue weighted by atomic mass is 10.1. The van der Waals surface area contributed by atoms with E-state index >= 15 is 0 Å². The molecular weight excluding hydrogens is 378 g/mol. The minimum Gasteiger partial charge on any atom is -0.325 e. The average molecular weight is 402 g/mol. The molecular formula is C20H23N3O2S2. The van der Waals surface area contributed by atoms with Gasteiger partial charge >= 0.3 is 0 Å². The maximum absolute atomic E-state index is 12.7. The van der Waals surface area contributed by atoms with Gasteiger partial charge in [-0.3, -0.25) is 14.2 Å². The molecule has 2 heterocycles. The van der Waals surface area contributed by atoms with Crippen LogP contribution in [0, 0.1) is 4.77 Å². The van der Waals surface area contributed by atoms with Crippen LogP contribution in [0.25, 0.3) is 10.2 Å². The SMILES string of the molecule is CCCCc1ccc(NC(=O)Cn2c(=S)[nH]c3sc(CC)cc3c2=O)cc1. The van der Waals surface area contributed by atoms with Gasteiger partial charge in [0, 0.05) is 10.6 Å². The molecule has 3 rings (SSSR count). The molecule has 2 N–H and O–H groups in total. The number of hydrogen-bond donors (Lipinski definition) is 2. The zero-order valence-electron chi connectivity index (χ0n) is 15.5. The third-order valence-corrected chi connectivity index (χ3v) is 5.95. The van der Waals surface area contributed by atoms with Crippen LogP contribution < -0.4 is 10.9 Å². The number of aromatic nitrogens is 2. The lowest BCUT2D eigenvalue weighted by Gasteiger charge is -2.09. The van der Waals surface area contributed by atoms with Gasteiger partial charge in [-0.05, 0) is 55.2 Å². The van der Waals surface area contributed by atoms with Crippen LogP contribution in [0.5, 0.6) is 0 Å². The highest BCUT2D eigenvalue weighted by molar-refractivity contribution is 7.71. The second-order valence-corrected chi connectivity index (χ2v) is 8.00. The summed E-state index contributed by atoms with van der Waals surface area (Å²) in [5, 5.41) is 3.42. The number of unbranched alkanes of at least 4 members (excludes halogenated alkanes) is 1. The summed E-state index contributed by atoms with van der Waals surface area (Å²) in [5.74, 6) is -0.275. The highest BCUT2D eigenvalue weighted by atomic mass is 32.1. The highest BCUT2D eigenvalue weighted by Gasteiger charge is 2.12. The molecule has 2 aromatic heterocycles. The standard InChI is InChI=1S/C20H23N3O2S2/c1-3-5-6-13-7-9-14(10-8-13)21-17(24)12-23-19(25)16-11-15(4-2)27-18(16)22-20(23)26/h7-11H,3-6,12H2,1-2H3,(H,21,24)(H,22,26). The molecule has 0 saturated carbocycles. The monoisotopic (exact) mass is 401 g/mol. The quantitative estimate of drug-likeness (QED) is 0.566. The summed E-state index contributed by atoms with van der Waals surface area (Å²) >= 11 is 6.81. The molecule has 7 heteroatoms. The Kier molecular flexibility index (Phi) is 6.23. The third kappa shape index (κ3) is 4.54. The van der Waals surface area contributed by atoms with Gasteiger partial charge in [-0.1, -0.05) is 32.4 Å². The van der Waals surface area contributed by atoms with Crippen LogP contribution in [0.1, 0.15) is 37.1 Å². The molecule has 142 valence electrons. The number of benzene rings is 1. The first-order valence-electron chi connectivity index (χ1n) is 9.16. The van der Waals surface area contributed by atoms with Crippen molar-refractivity contribution in [3.63, 3.8) is 0 Å². The van der Waals surface area contributed by atoms with E-state index in [1.165, 1.54) is 21.5 Å². The summed E-state index contributed by atoms with van der Waals surface area (Å²) in [6.45, 7) is 4.09. The van der Waals surface area contributed by atoms with Gasteiger partial charge in [-0.25, -0.2) is 0 Å². The van der Waals surface area contributed by atoms with Crippen LogP contribution in [0.15, 0.2) is 35.1 Å². The Labute approximate surface area is 167 Å². The van der Waals surface area contributed by atoms with Crippen LogP contribution in [-0.2, 0) is 24.2 Å². The molecule has 5 nitrogen and oxygen atoms in total. The van der Waals surface area contributed by atoms with Crippen molar-refractivity contribution in [3.8, 4) is 0 Å². The number of aryl methyl sites for hydroxylation is 2. The number of carbonyl (C=O) groups is 1. The summed E-state index contributed by atoms with van der Waals surface area (Å²) in [5.41, 5.74) is 1.74. The topological polar surface area (TPSA) is 66.9 Å². The second kappa shape index (κ2) is 8.63. The molecule has 0 aliphatic heterocycles. The fourth-order valence-electron chi connectivity index (χ4n) is 2.89. The predicted octanol–water partition coefficient (Wildman–Crippen LogP) is 4.66. The molecule has 0 aliphatic rings. The highest BCUT2D eigenvalue weighted by Crippen LogP contribution is 2.21. The van der Waals surface area contributed by atoms with E-state index in [-0.39, 0.29) is 22.8 Å². The smallest absolute Gasteiger partial charge is 0.263 e. The number of nitrogens with one attached hydrogen (secondary N) is 2. The molecule has 1 amide bonds. The number of carbonyl (C=O) groups excluding carboxylic acids is 1. The Bertz CT molecular complexity index is 1060. The maximum atomic E-state index is 12.7. The average Bonchev–Trinajstić information content (AvgIpc) is 3.08. The van der Waals surface area contributed by atoms with Crippen molar-refractivity contribution in [1.29, 1.82) is 0 Å². The zero-order valence-corrected chi connectivity index (χ0v) is 17.1. The van der Waals surface area contributed by atoms with E-state index < -0.39 is 0 Å². The van der Waals surface area contributed by atoms with Gasteiger partial charge in [0.2, 0.25) is 5.91 Å². The van der Waals surface area contributed by atoms with Crippen molar-refractivity contribution in [1.82, 2.24) is 9.55 Å². The summed E-state index contributed by atoms with van der Waals surface area (Å²) in [6.07, 6.45) is 4.20. The summed E-state index contributed by atoms with van der Waals surface area (Å²) < 4.78 is 1.58. The van der Waals surface area contributed by atoms with Gasteiger partial charge < -0.3 is 10.3 Å². The van der Waals surface area contributed by atoms with Gasteiger partial charge in [-0.15, -0.1) is 11.3 Å². The van der Waals surface area contributed by atoms with E-state index in [1.807, 2.05) is 37.3 Å². The summed E-state index contributed by atoms with van der Waals surface area (Å²) in [4.78, 5) is 30.1. The van der Waals surface area contributed by atoms with E-state index in [2.05, 4.69) is 17.2 Å². The van der Waals surface area contributed by atoms with E-state index in [4.69, 9.17) is 12.2 Å². The third-order valence-electron chi connectivity index (χ3n) is 4.43. The Balaban J connectivity index is 1.76. The normalized spacial score (nSPS) is 11.0.